The Morgan fingerprint density at radius 3 is 2.68 bits per heavy atom. The Labute approximate surface area is 144 Å². The third kappa shape index (κ3) is 5.38. The Hall–Kier alpha value is -3.29. The normalized spacial score (nSPS) is 10.5. The Balaban J connectivity index is 1.89. The molecule has 0 fully saturated rings. The van der Waals surface area contributed by atoms with E-state index < -0.39 is 18.5 Å². The van der Waals surface area contributed by atoms with Crippen LogP contribution >= 0.6 is 0 Å². The predicted octanol–water partition coefficient (Wildman–Crippen LogP) is 2.20. The minimum Gasteiger partial charge on any atom is -0.497 e. The van der Waals surface area contributed by atoms with Gasteiger partial charge in [0.25, 0.3) is 5.91 Å². The van der Waals surface area contributed by atoms with E-state index in [0.717, 1.165) is 0 Å². The van der Waals surface area contributed by atoms with Gasteiger partial charge in [-0.15, -0.1) is 0 Å². The summed E-state index contributed by atoms with van der Waals surface area (Å²) in [6.45, 7) is 1.25. The second-order valence-electron chi connectivity index (χ2n) is 4.92. The number of hydrogen-bond acceptors (Lipinski definition) is 7. The number of rotatable bonds is 7. The zero-order valence-corrected chi connectivity index (χ0v) is 14.1. The lowest BCUT2D eigenvalue weighted by molar-refractivity contribution is -0.142. The van der Waals surface area contributed by atoms with E-state index in [2.05, 4.69) is 10.5 Å². The molecule has 8 nitrogen and oxygen atoms in total. The zero-order chi connectivity index (χ0) is 18.2. The topological polar surface area (TPSA) is 99.9 Å². The summed E-state index contributed by atoms with van der Waals surface area (Å²) in [6.07, 6.45) is 2.72. The average Bonchev–Trinajstić information content (AvgIpc) is 3.02. The summed E-state index contributed by atoms with van der Waals surface area (Å²) in [6, 6.07) is 6.72. The molecule has 1 amide bonds. The molecular formula is C17H18N2O6. The third-order valence-electron chi connectivity index (χ3n) is 3.08. The Kier molecular flexibility index (Phi) is 6.16. The fourth-order valence-electron chi connectivity index (χ4n) is 1.92. The zero-order valence-electron chi connectivity index (χ0n) is 14.1. The molecule has 1 heterocycles. The van der Waals surface area contributed by atoms with Gasteiger partial charge in [-0.05, 0) is 31.2 Å². The number of aromatic nitrogens is 1. The molecule has 0 unspecified atom stereocenters. The van der Waals surface area contributed by atoms with E-state index in [1.807, 2.05) is 0 Å². The van der Waals surface area contributed by atoms with Gasteiger partial charge in [0.15, 0.2) is 12.4 Å². The number of benzene rings is 1. The van der Waals surface area contributed by atoms with Crippen LogP contribution in [0.25, 0.3) is 6.08 Å². The Morgan fingerprint density at radius 1 is 1.24 bits per heavy atom. The molecule has 0 atom stereocenters. The van der Waals surface area contributed by atoms with E-state index in [9.17, 15) is 9.59 Å². The number of nitrogens with one attached hydrogen (secondary N) is 1. The summed E-state index contributed by atoms with van der Waals surface area (Å²) < 4.78 is 20.0. The van der Waals surface area contributed by atoms with E-state index >= 15 is 0 Å². The maximum absolute atomic E-state index is 11.7. The fraction of sp³-hybridized carbons (Fsp3) is 0.235. The minimum absolute atomic E-state index is 0.259. The van der Waals surface area contributed by atoms with Crippen LogP contribution in [0, 0.1) is 6.92 Å². The number of aryl methyl sites for hydroxylation is 1. The molecule has 0 aliphatic heterocycles. The lowest BCUT2D eigenvalue weighted by atomic mass is 10.1. The van der Waals surface area contributed by atoms with Crippen molar-refractivity contribution in [1.29, 1.82) is 0 Å². The quantitative estimate of drug-likeness (QED) is 0.606. The van der Waals surface area contributed by atoms with Gasteiger partial charge in [0.1, 0.15) is 17.3 Å². The summed E-state index contributed by atoms with van der Waals surface area (Å²) in [5.41, 5.74) is 0.640. The molecule has 2 aromatic rings. The first-order valence-electron chi connectivity index (χ1n) is 7.32. The molecule has 0 radical (unpaired) electrons. The van der Waals surface area contributed by atoms with Crippen LogP contribution in [0.2, 0.25) is 0 Å². The van der Waals surface area contributed by atoms with Crippen molar-refractivity contribution in [3.63, 3.8) is 0 Å². The summed E-state index contributed by atoms with van der Waals surface area (Å²) in [4.78, 5) is 23.4. The van der Waals surface area contributed by atoms with Crippen molar-refractivity contribution in [3.05, 3.63) is 41.7 Å². The first kappa shape index (κ1) is 18.1. The number of nitrogens with zero attached hydrogens (tertiary/aromatic N) is 1. The van der Waals surface area contributed by atoms with Crippen molar-refractivity contribution in [3.8, 4) is 11.5 Å². The van der Waals surface area contributed by atoms with E-state index in [1.165, 1.54) is 19.3 Å². The molecule has 1 N–H and O–H groups in total. The molecule has 132 valence electrons. The number of esters is 1. The average molecular weight is 346 g/mol. The number of amides is 1. The Morgan fingerprint density at radius 2 is 2.04 bits per heavy atom. The molecule has 0 aliphatic rings. The van der Waals surface area contributed by atoms with Gasteiger partial charge < -0.3 is 24.1 Å². The van der Waals surface area contributed by atoms with Crippen LogP contribution in [0.15, 0.2) is 34.9 Å². The van der Waals surface area contributed by atoms with E-state index in [1.54, 1.807) is 38.3 Å². The highest BCUT2D eigenvalue weighted by Crippen LogP contribution is 2.25. The van der Waals surface area contributed by atoms with E-state index in [0.29, 0.717) is 22.8 Å². The largest absolute Gasteiger partial charge is 0.497 e. The van der Waals surface area contributed by atoms with Gasteiger partial charge in [-0.1, -0.05) is 5.16 Å². The highest BCUT2D eigenvalue weighted by atomic mass is 16.5. The highest BCUT2D eigenvalue weighted by Gasteiger charge is 2.09. The summed E-state index contributed by atoms with van der Waals surface area (Å²) in [5.74, 6) is 0.822. The van der Waals surface area contributed by atoms with Gasteiger partial charge in [0.05, 0.1) is 14.2 Å². The molecule has 2 rings (SSSR count). The second-order valence-corrected chi connectivity index (χ2v) is 4.92. The lowest BCUT2D eigenvalue weighted by Gasteiger charge is -2.07. The van der Waals surface area contributed by atoms with Gasteiger partial charge in [-0.25, -0.2) is 4.79 Å². The Bertz CT molecular complexity index is 781. The van der Waals surface area contributed by atoms with Gasteiger partial charge in [0, 0.05) is 17.7 Å². The molecule has 25 heavy (non-hydrogen) atoms. The second kappa shape index (κ2) is 8.53. The number of methoxy groups -OCH3 is 2. The maximum atomic E-state index is 11.7. The van der Waals surface area contributed by atoms with Gasteiger partial charge >= 0.3 is 5.97 Å². The minimum atomic E-state index is -0.670. The molecule has 1 aromatic heterocycles. The van der Waals surface area contributed by atoms with Crippen LogP contribution in [-0.4, -0.2) is 37.9 Å². The van der Waals surface area contributed by atoms with Crippen LogP contribution < -0.4 is 14.8 Å². The van der Waals surface area contributed by atoms with E-state index in [4.69, 9.17) is 18.7 Å². The fourth-order valence-corrected chi connectivity index (χ4v) is 1.92. The standard InChI is InChI=1S/C17H18N2O6/c1-11-8-15(19-25-11)18-16(20)10-24-17(21)7-4-12-9-13(22-2)5-6-14(12)23-3/h4-9H,10H2,1-3H3,(H,18,19,20)/b7-4+. The van der Waals surface area contributed by atoms with Crippen LogP contribution in [0.1, 0.15) is 11.3 Å². The van der Waals surface area contributed by atoms with Crippen LogP contribution in [0.4, 0.5) is 5.82 Å². The highest BCUT2D eigenvalue weighted by molar-refractivity contribution is 5.94. The van der Waals surface area contributed by atoms with Crippen LogP contribution in [0.5, 0.6) is 11.5 Å². The third-order valence-corrected chi connectivity index (χ3v) is 3.08. The molecule has 1 aromatic carbocycles. The van der Waals surface area contributed by atoms with Gasteiger partial charge in [-0.3, -0.25) is 4.79 Å². The lowest BCUT2D eigenvalue weighted by Crippen LogP contribution is -2.20. The monoisotopic (exact) mass is 346 g/mol. The van der Waals surface area contributed by atoms with Crippen molar-refractivity contribution < 1.29 is 28.3 Å². The van der Waals surface area contributed by atoms with Gasteiger partial charge in [0.2, 0.25) is 0 Å². The maximum Gasteiger partial charge on any atom is 0.331 e. The molecular weight excluding hydrogens is 328 g/mol. The van der Waals surface area contributed by atoms with Crippen molar-refractivity contribution in [2.45, 2.75) is 6.92 Å². The predicted molar refractivity (Wildman–Crippen MR) is 89.4 cm³/mol. The molecule has 8 heteroatoms. The number of carbonyl (C=O) groups is 2. The van der Waals surface area contributed by atoms with Crippen molar-refractivity contribution in [2.75, 3.05) is 26.1 Å². The summed E-state index contributed by atoms with van der Waals surface area (Å²) in [7, 11) is 3.06. The van der Waals surface area contributed by atoms with Crippen molar-refractivity contribution in [2.24, 2.45) is 0 Å². The molecule has 0 spiro atoms. The van der Waals surface area contributed by atoms with Crippen molar-refractivity contribution in [1.82, 2.24) is 5.16 Å². The number of ether oxygens (including phenoxy) is 3. The first-order valence-corrected chi connectivity index (χ1v) is 7.32. The molecule has 0 bridgehead atoms. The number of anilines is 1. The first-order chi connectivity index (χ1) is 12.0. The SMILES string of the molecule is COc1ccc(OC)c(/C=C/C(=O)OCC(=O)Nc2cc(C)on2)c1. The molecule has 0 aliphatic carbocycles. The van der Waals surface area contributed by atoms with E-state index in [-0.39, 0.29) is 5.82 Å². The smallest absolute Gasteiger partial charge is 0.331 e. The summed E-state index contributed by atoms with van der Waals surface area (Å²) in [5, 5.41) is 6.05. The van der Waals surface area contributed by atoms with Gasteiger partial charge in [-0.2, -0.15) is 0 Å². The number of carbonyl (C=O) groups excluding carboxylic acids is 2. The number of hydrogen-bond donors (Lipinski definition) is 1. The molecule has 0 saturated heterocycles. The van der Waals surface area contributed by atoms with Crippen molar-refractivity contribution >= 4 is 23.8 Å². The van der Waals surface area contributed by atoms with Crippen LogP contribution in [0.3, 0.4) is 0 Å². The van der Waals surface area contributed by atoms with Crippen LogP contribution in [-0.2, 0) is 14.3 Å². The summed E-state index contributed by atoms with van der Waals surface area (Å²) >= 11 is 0. The molecule has 0 saturated carbocycles.